The molecule has 1 heteroatoms. The van der Waals surface area contributed by atoms with Crippen LogP contribution in [0.2, 0.25) is 0 Å². The lowest BCUT2D eigenvalue weighted by molar-refractivity contribution is 0.550. The van der Waals surface area contributed by atoms with E-state index in [0.717, 1.165) is 13.0 Å². The van der Waals surface area contributed by atoms with E-state index in [1.54, 1.807) is 0 Å². The van der Waals surface area contributed by atoms with Crippen molar-refractivity contribution in [1.29, 1.82) is 0 Å². The van der Waals surface area contributed by atoms with Crippen LogP contribution in [0.3, 0.4) is 0 Å². The molecule has 1 aromatic carbocycles. The first-order chi connectivity index (χ1) is 8.31. The van der Waals surface area contributed by atoms with E-state index in [4.69, 9.17) is 5.73 Å². The summed E-state index contributed by atoms with van der Waals surface area (Å²) in [6.07, 6.45) is 7.34. The third kappa shape index (κ3) is 4.91. The molecule has 0 heterocycles. The van der Waals surface area contributed by atoms with Crippen molar-refractivity contribution >= 4 is 0 Å². The SMILES string of the molecule is CCCc1ccc(C(CCC)CCCN)cc1. The molecule has 0 fully saturated rings. The number of hydrogen-bond acceptors (Lipinski definition) is 1. The van der Waals surface area contributed by atoms with Gasteiger partial charge in [0.2, 0.25) is 0 Å². The first kappa shape index (κ1) is 14.2. The van der Waals surface area contributed by atoms with Crippen molar-refractivity contribution < 1.29 is 0 Å². The zero-order valence-corrected chi connectivity index (χ0v) is 11.4. The first-order valence-corrected chi connectivity index (χ1v) is 7.10. The van der Waals surface area contributed by atoms with Gasteiger partial charge in [-0.2, -0.15) is 0 Å². The standard InChI is InChI=1S/C16H27N/c1-3-6-14-9-11-16(12-10-14)15(7-4-2)8-5-13-17/h9-12,15H,3-8,13,17H2,1-2H3. The Morgan fingerprint density at radius 2 is 1.71 bits per heavy atom. The van der Waals surface area contributed by atoms with Gasteiger partial charge in [-0.05, 0) is 49.3 Å². The van der Waals surface area contributed by atoms with Crippen LogP contribution in [0.15, 0.2) is 24.3 Å². The zero-order valence-electron chi connectivity index (χ0n) is 11.4. The molecule has 0 aliphatic heterocycles. The number of rotatable bonds is 8. The fourth-order valence-corrected chi connectivity index (χ4v) is 2.44. The maximum atomic E-state index is 5.61. The molecule has 0 saturated carbocycles. The Hall–Kier alpha value is -0.820. The van der Waals surface area contributed by atoms with Gasteiger partial charge in [-0.25, -0.2) is 0 Å². The Balaban J connectivity index is 2.65. The van der Waals surface area contributed by atoms with Gasteiger partial charge in [-0.3, -0.25) is 0 Å². The predicted molar refractivity (Wildman–Crippen MR) is 76.4 cm³/mol. The molecule has 96 valence electrons. The van der Waals surface area contributed by atoms with Gasteiger partial charge in [0.25, 0.3) is 0 Å². The Bertz CT molecular complexity index is 289. The van der Waals surface area contributed by atoms with Gasteiger partial charge >= 0.3 is 0 Å². The van der Waals surface area contributed by atoms with Gasteiger partial charge in [0.15, 0.2) is 0 Å². The van der Waals surface area contributed by atoms with Crippen LogP contribution < -0.4 is 5.73 Å². The lowest BCUT2D eigenvalue weighted by atomic mass is 9.89. The van der Waals surface area contributed by atoms with E-state index in [-0.39, 0.29) is 0 Å². The van der Waals surface area contributed by atoms with Gasteiger partial charge in [-0.1, -0.05) is 51.0 Å². The highest BCUT2D eigenvalue weighted by Gasteiger charge is 2.09. The topological polar surface area (TPSA) is 26.0 Å². The first-order valence-electron chi connectivity index (χ1n) is 7.10. The van der Waals surface area contributed by atoms with Crippen molar-refractivity contribution in [1.82, 2.24) is 0 Å². The Morgan fingerprint density at radius 1 is 1.00 bits per heavy atom. The molecule has 0 aromatic heterocycles. The Labute approximate surface area is 106 Å². The smallest absolute Gasteiger partial charge is 0.00771 e. The monoisotopic (exact) mass is 233 g/mol. The molecule has 2 N–H and O–H groups in total. The molecule has 1 rings (SSSR count). The molecule has 0 radical (unpaired) electrons. The average Bonchev–Trinajstić information content (AvgIpc) is 2.36. The van der Waals surface area contributed by atoms with E-state index >= 15 is 0 Å². The highest BCUT2D eigenvalue weighted by molar-refractivity contribution is 5.25. The molecule has 0 amide bonds. The van der Waals surface area contributed by atoms with Gasteiger partial charge in [0.05, 0.1) is 0 Å². The van der Waals surface area contributed by atoms with Crippen LogP contribution in [0.4, 0.5) is 0 Å². The summed E-state index contributed by atoms with van der Waals surface area (Å²) in [5, 5.41) is 0. The lowest BCUT2D eigenvalue weighted by Gasteiger charge is -2.16. The van der Waals surface area contributed by atoms with E-state index in [0.29, 0.717) is 5.92 Å². The largest absolute Gasteiger partial charge is 0.330 e. The normalized spacial score (nSPS) is 12.6. The molecule has 0 saturated heterocycles. The molecule has 1 aromatic rings. The number of aryl methyl sites for hydroxylation is 1. The third-order valence-electron chi connectivity index (χ3n) is 3.38. The van der Waals surface area contributed by atoms with Gasteiger partial charge in [0, 0.05) is 0 Å². The van der Waals surface area contributed by atoms with E-state index in [1.807, 2.05) is 0 Å². The van der Waals surface area contributed by atoms with Crippen LogP contribution in [0.25, 0.3) is 0 Å². The maximum absolute atomic E-state index is 5.61. The van der Waals surface area contributed by atoms with Crippen LogP contribution in [0.5, 0.6) is 0 Å². The third-order valence-corrected chi connectivity index (χ3v) is 3.38. The Morgan fingerprint density at radius 3 is 2.24 bits per heavy atom. The summed E-state index contributed by atoms with van der Waals surface area (Å²) >= 11 is 0. The lowest BCUT2D eigenvalue weighted by Crippen LogP contribution is -2.04. The molecule has 0 bridgehead atoms. The van der Waals surface area contributed by atoms with Crippen LogP contribution >= 0.6 is 0 Å². The summed E-state index contributed by atoms with van der Waals surface area (Å²) in [6.45, 7) is 5.31. The molecule has 1 atom stereocenters. The van der Waals surface area contributed by atoms with E-state index in [9.17, 15) is 0 Å². The van der Waals surface area contributed by atoms with Crippen LogP contribution in [-0.2, 0) is 6.42 Å². The van der Waals surface area contributed by atoms with Crippen molar-refractivity contribution in [3.05, 3.63) is 35.4 Å². The quantitative estimate of drug-likeness (QED) is 0.713. The minimum absolute atomic E-state index is 0.708. The van der Waals surface area contributed by atoms with Crippen molar-refractivity contribution in [2.24, 2.45) is 5.73 Å². The zero-order chi connectivity index (χ0) is 12.5. The molecule has 0 aliphatic rings. The molecular formula is C16H27N. The molecule has 1 nitrogen and oxygen atoms in total. The number of nitrogens with two attached hydrogens (primary N) is 1. The summed E-state index contributed by atoms with van der Waals surface area (Å²) in [5.41, 5.74) is 8.58. The predicted octanol–water partition coefficient (Wildman–Crippen LogP) is 4.26. The van der Waals surface area contributed by atoms with Gasteiger partial charge in [0.1, 0.15) is 0 Å². The van der Waals surface area contributed by atoms with Crippen molar-refractivity contribution in [3.8, 4) is 0 Å². The summed E-state index contributed by atoms with van der Waals surface area (Å²) in [4.78, 5) is 0. The fraction of sp³-hybridized carbons (Fsp3) is 0.625. The van der Waals surface area contributed by atoms with Crippen molar-refractivity contribution in [2.75, 3.05) is 6.54 Å². The second-order valence-corrected chi connectivity index (χ2v) is 4.91. The highest BCUT2D eigenvalue weighted by atomic mass is 14.5. The van der Waals surface area contributed by atoms with E-state index < -0.39 is 0 Å². The average molecular weight is 233 g/mol. The second kappa shape index (κ2) is 8.30. The molecule has 0 aliphatic carbocycles. The van der Waals surface area contributed by atoms with Crippen LogP contribution in [-0.4, -0.2) is 6.54 Å². The van der Waals surface area contributed by atoms with Gasteiger partial charge in [-0.15, -0.1) is 0 Å². The molecular weight excluding hydrogens is 206 g/mol. The minimum Gasteiger partial charge on any atom is -0.330 e. The summed E-state index contributed by atoms with van der Waals surface area (Å²) in [6, 6.07) is 9.23. The molecule has 0 spiro atoms. The second-order valence-electron chi connectivity index (χ2n) is 4.91. The Kier molecular flexibility index (Phi) is 6.95. The highest BCUT2D eigenvalue weighted by Crippen LogP contribution is 2.26. The fourth-order valence-electron chi connectivity index (χ4n) is 2.44. The summed E-state index contributed by atoms with van der Waals surface area (Å²) < 4.78 is 0. The van der Waals surface area contributed by atoms with E-state index in [1.165, 1.54) is 43.2 Å². The van der Waals surface area contributed by atoms with E-state index in [2.05, 4.69) is 38.1 Å². The van der Waals surface area contributed by atoms with Crippen LogP contribution in [0, 0.1) is 0 Å². The maximum Gasteiger partial charge on any atom is -0.00771 e. The minimum atomic E-state index is 0.708. The number of benzene rings is 1. The van der Waals surface area contributed by atoms with Gasteiger partial charge < -0.3 is 5.73 Å². The van der Waals surface area contributed by atoms with Crippen molar-refractivity contribution in [2.45, 2.75) is 58.3 Å². The summed E-state index contributed by atoms with van der Waals surface area (Å²) in [5.74, 6) is 0.708. The molecule has 1 unspecified atom stereocenters. The van der Waals surface area contributed by atoms with Crippen LogP contribution in [0.1, 0.15) is 63.0 Å². The van der Waals surface area contributed by atoms with Crippen molar-refractivity contribution in [3.63, 3.8) is 0 Å². The molecule has 17 heavy (non-hydrogen) atoms. The summed E-state index contributed by atoms with van der Waals surface area (Å²) in [7, 11) is 0. The number of hydrogen-bond donors (Lipinski definition) is 1.